The van der Waals surface area contributed by atoms with Crippen molar-refractivity contribution < 1.29 is 9.90 Å². The fraction of sp³-hybridized carbons (Fsp3) is 0.333. The van der Waals surface area contributed by atoms with Gasteiger partial charge in [-0.3, -0.25) is 9.78 Å². The first kappa shape index (κ1) is 9.67. The molecule has 0 atom stereocenters. The maximum Gasteiger partial charge on any atom is 0.252 e. The van der Waals surface area contributed by atoms with E-state index in [9.17, 15) is 4.79 Å². The topological polar surface area (TPSA) is 62.2 Å². The van der Waals surface area contributed by atoms with Gasteiger partial charge in [-0.15, -0.1) is 0 Å². The van der Waals surface area contributed by atoms with Gasteiger partial charge in [0.15, 0.2) is 0 Å². The lowest BCUT2D eigenvalue weighted by molar-refractivity contribution is 0.0955. The molecular formula is C9H12N2O2. The normalized spacial score (nSPS) is 9.69. The number of amides is 1. The average molecular weight is 180 g/mol. The minimum absolute atomic E-state index is 0.102. The van der Waals surface area contributed by atoms with Gasteiger partial charge < -0.3 is 10.4 Å². The molecule has 1 amide bonds. The van der Waals surface area contributed by atoms with Gasteiger partial charge in [0.05, 0.1) is 17.9 Å². The van der Waals surface area contributed by atoms with Gasteiger partial charge >= 0.3 is 0 Å². The number of nitrogens with one attached hydrogen (secondary N) is 1. The van der Waals surface area contributed by atoms with Crippen LogP contribution in [0.15, 0.2) is 18.3 Å². The Labute approximate surface area is 76.6 Å². The van der Waals surface area contributed by atoms with Crippen LogP contribution in [-0.2, 0) is 6.61 Å². The van der Waals surface area contributed by atoms with Gasteiger partial charge in [0.25, 0.3) is 5.91 Å². The zero-order valence-corrected chi connectivity index (χ0v) is 7.45. The molecule has 2 N–H and O–H groups in total. The lowest BCUT2D eigenvalue weighted by atomic mass is 10.2. The van der Waals surface area contributed by atoms with E-state index in [0.29, 0.717) is 17.8 Å². The van der Waals surface area contributed by atoms with E-state index in [0.717, 1.165) is 0 Å². The molecule has 70 valence electrons. The molecule has 13 heavy (non-hydrogen) atoms. The van der Waals surface area contributed by atoms with Gasteiger partial charge in [-0.1, -0.05) is 0 Å². The van der Waals surface area contributed by atoms with Crippen molar-refractivity contribution in [1.82, 2.24) is 10.3 Å². The molecule has 0 saturated heterocycles. The fourth-order valence-corrected chi connectivity index (χ4v) is 0.915. The first-order valence-corrected chi connectivity index (χ1v) is 4.12. The van der Waals surface area contributed by atoms with Crippen LogP contribution in [0.2, 0.25) is 0 Å². The van der Waals surface area contributed by atoms with Gasteiger partial charge in [0, 0.05) is 12.7 Å². The summed E-state index contributed by atoms with van der Waals surface area (Å²) in [5.41, 5.74) is 1.08. The van der Waals surface area contributed by atoms with E-state index in [4.69, 9.17) is 5.11 Å². The van der Waals surface area contributed by atoms with Gasteiger partial charge in [-0.05, 0) is 19.1 Å². The summed E-state index contributed by atoms with van der Waals surface area (Å²) in [5.74, 6) is -0.139. The number of nitrogens with zero attached hydrogens (tertiary/aromatic N) is 1. The Morgan fingerprint density at radius 3 is 2.85 bits per heavy atom. The summed E-state index contributed by atoms with van der Waals surface area (Å²) in [6.07, 6.45) is 1.45. The van der Waals surface area contributed by atoms with Crippen molar-refractivity contribution in [1.29, 1.82) is 0 Å². The van der Waals surface area contributed by atoms with E-state index in [1.165, 1.54) is 6.20 Å². The molecule has 0 saturated carbocycles. The van der Waals surface area contributed by atoms with Crippen LogP contribution in [0.3, 0.4) is 0 Å². The van der Waals surface area contributed by atoms with Crippen LogP contribution in [0, 0.1) is 0 Å². The minimum Gasteiger partial charge on any atom is -0.390 e. The highest BCUT2D eigenvalue weighted by Gasteiger charge is 2.03. The predicted molar refractivity (Wildman–Crippen MR) is 48.2 cm³/mol. The Morgan fingerprint density at radius 1 is 1.62 bits per heavy atom. The number of aliphatic hydroxyl groups is 1. The maximum atomic E-state index is 11.2. The number of aliphatic hydroxyl groups excluding tert-OH is 1. The molecule has 0 aliphatic carbocycles. The second-order valence-electron chi connectivity index (χ2n) is 2.56. The lowest BCUT2D eigenvalue weighted by Gasteiger charge is -2.01. The molecule has 0 spiro atoms. The quantitative estimate of drug-likeness (QED) is 0.704. The molecule has 0 radical (unpaired) electrons. The highest BCUT2D eigenvalue weighted by Crippen LogP contribution is 1.99. The first-order chi connectivity index (χ1) is 6.27. The molecule has 0 aliphatic rings. The molecule has 1 heterocycles. The molecule has 0 aliphatic heterocycles. The standard InChI is InChI=1S/C9H12N2O2/c1-2-10-9(13)7-3-4-8(6-12)11-5-7/h3-5,12H,2,6H2,1H3,(H,10,13). The summed E-state index contributed by atoms with van der Waals surface area (Å²) in [4.78, 5) is 15.1. The third-order valence-electron chi connectivity index (χ3n) is 1.59. The van der Waals surface area contributed by atoms with E-state index in [-0.39, 0.29) is 12.5 Å². The molecule has 1 aromatic rings. The van der Waals surface area contributed by atoms with Crippen LogP contribution in [0.1, 0.15) is 23.0 Å². The number of hydrogen-bond acceptors (Lipinski definition) is 3. The molecule has 4 heteroatoms. The SMILES string of the molecule is CCNC(=O)c1ccc(CO)nc1. The molecule has 1 rings (SSSR count). The summed E-state index contributed by atoms with van der Waals surface area (Å²) in [6.45, 7) is 2.35. The molecule has 0 bridgehead atoms. The fourth-order valence-electron chi connectivity index (χ4n) is 0.915. The van der Waals surface area contributed by atoms with Crippen molar-refractivity contribution in [2.45, 2.75) is 13.5 Å². The summed E-state index contributed by atoms with van der Waals surface area (Å²) in [5, 5.41) is 11.4. The van der Waals surface area contributed by atoms with Crippen LogP contribution in [0.4, 0.5) is 0 Å². The highest BCUT2D eigenvalue weighted by atomic mass is 16.3. The molecule has 4 nitrogen and oxygen atoms in total. The minimum atomic E-state index is -0.139. The predicted octanol–water partition coefficient (Wildman–Crippen LogP) is 0.324. The zero-order chi connectivity index (χ0) is 9.68. The van der Waals surface area contributed by atoms with Crippen LogP contribution in [0.25, 0.3) is 0 Å². The van der Waals surface area contributed by atoms with Crippen LogP contribution >= 0.6 is 0 Å². The van der Waals surface area contributed by atoms with Crippen LogP contribution in [0.5, 0.6) is 0 Å². The summed E-state index contributed by atoms with van der Waals surface area (Å²) < 4.78 is 0. The zero-order valence-electron chi connectivity index (χ0n) is 7.45. The van der Waals surface area contributed by atoms with Gasteiger partial charge in [0.1, 0.15) is 0 Å². The van der Waals surface area contributed by atoms with Crippen molar-refractivity contribution in [2.24, 2.45) is 0 Å². The maximum absolute atomic E-state index is 11.2. The van der Waals surface area contributed by atoms with Crippen molar-refractivity contribution >= 4 is 5.91 Å². The summed E-state index contributed by atoms with van der Waals surface area (Å²) >= 11 is 0. The van der Waals surface area contributed by atoms with E-state index in [1.807, 2.05) is 6.92 Å². The third-order valence-corrected chi connectivity index (χ3v) is 1.59. The Morgan fingerprint density at radius 2 is 2.38 bits per heavy atom. The summed E-state index contributed by atoms with van der Waals surface area (Å²) in [7, 11) is 0. The van der Waals surface area contributed by atoms with E-state index in [2.05, 4.69) is 10.3 Å². The number of hydrogen-bond donors (Lipinski definition) is 2. The monoisotopic (exact) mass is 180 g/mol. The van der Waals surface area contributed by atoms with Crippen molar-refractivity contribution in [3.05, 3.63) is 29.6 Å². The van der Waals surface area contributed by atoms with E-state index >= 15 is 0 Å². The number of carbonyl (C=O) groups excluding carboxylic acids is 1. The first-order valence-electron chi connectivity index (χ1n) is 4.12. The van der Waals surface area contributed by atoms with Crippen molar-refractivity contribution in [2.75, 3.05) is 6.54 Å². The number of aromatic nitrogens is 1. The second kappa shape index (κ2) is 4.57. The lowest BCUT2D eigenvalue weighted by Crippen LogP contribution is -2.22. The van der Waals surface area contributed by atoms with Crippen molar-refractivity contribution in [3.63, 3.8) is 0 Å². The Hall–Kier alpha value is -1.42. The smallest absolute Gasteiger partial charge is 0.252 e. The molecule has 0 aromatic carbocycles. The average Bonchev–Trinajstić information content (AvgIpc) is 2.18. The van der Waals surface area contributed by atoms with E-state index < -0.39 is 0 Å². The van der Waals surface area contributed by atoms with E-state index in [1.54, 1.807) is 12.1 Å². The number of carbonyl (C=O) groups is 1. The number of pyridine rings is 1. The molecule has 0 unspecified atom stereocenters. The Kier molecular flexibility index (Phi) is 3.40. The van der Waals surface area contributed by atoms with Gasteiger partial charge in [-0.25, -0.2) is 0 Å². The van der Waals surface area contributed by atoms with Gasteiger partial charge in [-0.2, -0.15) is 0 Å². The highest BCUT2D eigenvalue weighted by molar-refractivity contribution is 5.93. The van der Waals surface area contributed by atoms with Crippen molar-refractivity contribution in [3.8, 4) is 0 Å². The molecular weight excluding hydrogens is 168 g/mol. The summed E-state index contributed by atoms with van der Waals surface area (Å²) in [6, 6.07) is 3.27. The van der Waals surface area contributed by atoms with Crippen LogP contribution in [-0.4, -0.2) is 22.5 Å². The molecule has 1 aromatic heterocycles. The Bertz CT molecular complexity index is 282. The van der Waals surface area contributed by atoms with Crippen LogP contribution < -0.4 is 5.32 Å². The largest absolute Gasteiger partial charge is 0.390 e. The van der Waals surface area contributed by atoms with Gasteiger partial charge in [0.2, 0.25) is 0 Å². The third kappa shape index (κ3) is 2.52. The second-order valence-corrected chi connectivity index (χ2v) is 2.56. The number of rotatable bonds is 3. The Balaban J connectivity index is 2.74. The molecule has 0 fully saturated rings.